The van der Waals surface area contributed by atoms with E-state index in [9.17, 15) is 4.79 Å². The molecule has 1 amide bonds. The Labute approximate surface area is 92.0 Å². The van der Waals surface area contributed by atoms with Crippen LogP contribution in [0.5, 0.6) is 0 Å². The molecule has 1 heterocycles. The van der Waals surface area contributed by atoms with Gasteiger partial charge in [-0.25, -0.2) is 0 Å². The van der Waals surface area contributed by atoms with Crippen LogP contribution < -0.4 is 10.6 Å². The maximum Gasteiger partial charge on any atom is 0.220 e. The van der Waals surface area contributed by atoms with Crippen LogP contribution in [-0.2, 0) is 4.79 Å². The van der Waals surface area contributed by atoms with E-state index in [1.807, 2.05) is 0 Å². The van der Waals surface area contributed by atoms with Gasteiger partial charge in [0.1, 0.15) is 0 Å². The zero-order valence-corrected chi connectivity index (χ0v) is 9.59. The third-order valence-electron chi connectivity index (χ3n) is 3.81. The highest BCUT2D eigenvalue weighted by Gasteiger charge is 2.25. The first-order chi connectivity index (χ1) is 7.25. The van der Waals surface area contributed by atoms with Crippen molar-refractivity contribution in [2.45, 2.75) is 57.5 Å². The average molecular weight is 210 g/mol. The van der Waals surface area contributed by atoms with Gasteiger partial charge in [-0.05, 0) is 45.1 Å². The number of amides is 1. The van der Waals surface area contributed by atoms with Crippen LogP contribution in [0.1, 0.15) is 45.4 Å². The molecule has 1 aliphatic carbocycles. The monoisotopic (exact) mass is 210 g/mol. The van der Waals surface area contributed by atoms with Crippen LogP contribution in [0.25, 0.3) is 0 Å². The summed E-state index contributed by atoms with van der Waals surface area (Å²) >= 11 is 0. The minimum absolute atomic E-state index is 0.264. The van der Waals surface area contributed by atoms with Gasteiger partial charge >= 0.3 is 0 Å². The molecule has 0 aromatic heterocycles. The topological polar surface area (TPSA) is 41.1 Å². The quantitative estimate of drug-likeness (QED) is 0.740. The molecule has 0 radical (unpaired) electrons. The molecule has 2 rings (SSSR count). The van der Waals surface area contributed by atoms with E-state index in [1.165, 1.54) is 25.7 Å². The molecule has 2 atom stereocenters. The van der Waals surface area contributed by atoms with Gasteiger partial charge in [-0.1, -0.05) is 6.42 Å². The Hall–Kier alpha value is -0.570. The van der Waals surface area contributed by atoms with Gasteiger partial charge in [-0.2, -0.15) is 0 Å². The summed E-state index contributed by atoms with van der Waals surface area (Å²) in [6, 6.07) is 0.787. The summed E-state index contributed by atoms with van der Waals surface area (Å²) in [6.45, 7) is 3.25. The van der Waals surface area contributed by atoms with Gasteiger partial charge in [0.25, 0.3) is 0 Å². The van der Waals surface area contributed by atoms with Crippen LogP contribution in [-0.4, -0.2) is 24.5 Å². The summed E-state index contributed by atoms with van der Waals surface area (Å²) in [5, 5.41) is 6.57. The van der Waals surface area contributed by atoms with Crippen LogP contribution in [0.2, 0.25) is 0 Å². The second kappa shape index (κ2) is 4.97. The van der Waals surface area contributed by atoms with Crippen LogP contribution in [0.4, 0.5) is 0 Å². The van der Waals surface area contributed by atoms with Gasteiger partial charge in [0.15, 0.2) is 0 Å². The van der Waals surface area contributed by atoms with Gasteiger partial charge in [-0.15, -0.1) is 0 Å². The molecule has 0 bridgehead atoms. The van der Waals surface area contributed by atoms with E-state index >= 15 is 0 Å². The van der Waals surface area contributed by atoms with Crippen molar-refractivity contribution < 1.29 is 4.79 Å². The molecule has 0 aromatic carbocycles. The molecule has 2 fully saturated rings. The summed E-state index contributed by atoms with van der Waals surface area (Å²) in [5.74, 6) is 0.942. The minimum atomic E-state index is 0.264. The average Bonchev–Trinajstić information content (AvgIpc) is 2.16. The van der Waals surface area contributed by atoms with Crippen molar-refractivity contribution in [2.24, 2.45) is 5.92 Å². The Kier molecular flexibility index (Phi) is 3.62. The van der Waals surface area contributed by atoms with E-state index in [0.29, 0.717) is 18.0 Å². The molecule has 1 saturated heterocycles. The van der Waals surface area contributed by atoms with Crippen molar-refractivity contribution in [1.29, 1.82) is 0 Å². The van der Waals surface area contributed by atoms with Crippen molar-refractivity contribution >= 4 is 5.91 Å². The molecule has 15 heavy (non-hydrogen) atoms. The smallest absolute Gasteiger partial charge is 0.220 e. The molecule has 2 unspecified atom stereocenters. The fourth-order valence-electron chi connectivity index (χ4n) is 2.47. The van der Waals surface area contributed by atoms with Crippen LogP contribution in [0.3, 0.4) is 0 Å². The zero-order valence-electron chi connectivity index (χ0n) is 9.59. The van der Waals surface area contributed by atoms with Crippen molar-refractivity contribution in [2.75, 3.05) is 6.54 Å². The van der Waals surface area contributed by atoms with E-state index in [2.05, 4.69) is 17.6 Å². The van der Waals surface area contributed by atoms with Gasteiger partial charge in [-0.3, -0.25) is 4.79 Å². The predicted molar refractivity (Wildman–Crippen MR) is 60.6 cm³/mol. The van der Waals surface area contributed by atoms with Gasteiger partial charge < -0.3 is 10.6 Å². The third-order valence-corrected chi connectivity index (χ3v) is 3.81. The third kappa shape index (κ3) is 2.94. The number of hydrogen-bond donors (Lipinski definition) is 2. The summed E-state index contributed by atoms with van der Waals surface area (Å²) < 4.78 is 0. The van der Waals surface area contributed by atoms with Crippen LogP contribution in [0.15, 0.2) is 0 Å². The van der Waals surface area contributed by atoms with Gasteiger partial charge in [0, 0.05) is 18.5 Å². The maximum absolute atomic E-state index is 11.7. The first-order valence-electron chi connectivity index (χ1n) is 6.28. The highest BCUT2D eigenvalue weighted by molar-refractivity contribution is 5.76. The lowest BCUT2D eigenvalue weighted by Crippen LogP contribution is -2.52. The molecular weight excluding hydrogens is 188 g/mol. The Morgan fingerprint density at radius 1 is 1.33 bits per heavy atom. The lowest BCUT2D eigenvalue weighted by Gasteiger charge is -2.32. The van der Waals surface area contributed by atoms with E-state index in [4.69, 9.17) is 0 Å². The standard InChI is InChI=1S/C12H22N2O/c1-9-11(6-3-7-13-9)14-12(15)8-10-4-2-5-10/h9-11,13H,2-8H2,1H3,(H,14,15). The van der Waals surface area contributed by atoms with Crippen molar-refractivity contribution in [1.82, 2.24) is 10.6 Å². The van der Waals surface area contributed by atoms with E-state index in [1.54, 1.807) is 0 Å². The largest absolute Gasteiger partial charge is 0.352 e. The molecule has 2 N–H and O–H groups in total. The molecule has 1 aliphatic heterocycles. The van der Waals surface area contributed by atoms with Crippen molar-refractivity contribution in [3.63, 3.8) is 0 Å². The number of carbonyl (C=O) groups excluding carboxylic acids is 1. The molecule has 1 saturated carbocycles. The Morgan fingerprint density at radius 3 is 2.73 bits per heavy atom. The second-order valence-corrected chi connectivity index (χ2v) is 5.06. The Balaban J connectivity index is 1.71. The molecule has 0 aromatic rings. The summed E-state index contributed by atoms with van der Waals surface area (Å²) in [5.41, 5.74) is 0. The summed E-state index contributed by atoms with van der Waals surface area (Å²) in [6.07, 6.45) is 6.89. The van der Waals surface area contributed by atoms with Crippen molar-refractivity contribution in [3.05, 3.63) is 0 Å². The van der Waals surface area contributed by atoms with Crippen molar-refractivity contribution in [3.8, 4) is 0 Å². The highest BCUT2D eigenvalue weighted by Crippen LogP contribution is 2.29. The van der Waals surface area contributed by atoms with E-state index in [-0.39, 0.29) is 5.91 Å². The molecular formula is C12H22N2O. The minimum Gasteiger partial charge on any atom is -0.352 e. The summed E-state index contributed by atoms with van der Waals surface area (Å²) in [4.78, 5) is 11.7. The first kappa shape index (κ1) is 10.9. The van der Waals surface area contributed by atoms with E-state index in [0.717, 1.165) is 19.4 Å². The lowest BCUT2D eigenvalue weighted by molar-refractivity contribution is -0.123. The highest BCUT2D eigenvalue weighted by atomic mass is 16.1. The Bertz CT molecular complexity index is 226. The molecule has 3 heteroatoms. The molecule has 0 spiro atoms. The SMILES string of the molecule is CC1NCCCC1NC(=O)CC1CCC1. The number of nitrogens with one attached hydrogen (secondary N) is 2. The summed E-state index contributed by atoms with van der Waals surface area (Å²) in [7, 11) is 0. The lowest BCUT2D eigenvalue weighted by atomic mass is 9.82. The second-order valence-electron chi connectivity index (χ2n) is 5.06. The fourth-order valence-corrected chi connectivity index (χ4v) is 2.47. The van der Waals surface area contributed by atoms with Crippen LogP contribution >= 0.6 is 0 Å². The maximum atomic E-state index is 11.7. The van der Waals surface area contributed by atoms with Gasteiger partial charge in [0.05, 0.1) is 0 Å². The number of rotatable bonds is 3. The zero-order chi connectivity index (χ0) is 10.7. The van der Waals surface area contributed by atoms with Crippen LogP contribution in [0, 0.1) is 5.92 Å². The number of carbonyl (C=O) groups is 1. The molecule has 86 valence electrons. The fraction of sp³-hybridized carbons (Fsp3) is 0.917. The van der Waals surface area contributed by atoms with E-state index < -0.39 is 0 Å². The van der Waals surface area contributed by atoms with Gasteiger partial charge in [0.2, 0.25) is 5.91 Å². The molecule has 3 nitrogen and oxygen atoms in total. The molecule has 2 aliphatic rings. The predicted octanol–water partition coefficient (Wildman–Crippen LogP) is 1.43. The number of piperidine rings is 1. The number of hydrogen-bond acceptors (Lipinski definition) is 2. The Morgan fingerprint density at radius 2 is 2.13 bits per heavy atom. The first-order valence-corrected chi connectivity index (χ1v) is 6.28. The normalized spacial score (nSPS) is 32.1.